The molecule has 0 atom stereocenters. The van der Waals surface area contributed by atoms with Crippen LogP contribution in [0.15, 0.2) is 140 Å². The minimum atomic E-state index is 0.829. The zero-order valence-corrected chi connectivity index (χ0v) is 20.0. The van der Waals surface area contributed by atoms with Gasteiger partial charge in [0.1, 0.15) is 5.69 Å². The maximum absolute atomic E-state index is 4.48. The number of anilines is 6. The van der Waals surface area contributed by atoms with Crippen molar-refractivity contribution >= 4 is 34.1 Å². The number of hydrogen-bond donors (Lipinski definition) is 0. The molecule has 0 radical (unpaired) electrons. The van der Waals surface area contributed by atoms with Crippen molar-refractivity contribution in [2.45, 2.75) is 0 Å². The van der Waals surface area contributed by atoms with Crippen LogP contribution in [0, 0.1) is 0 Å². The van der Waals surface area contributed by atoms with Gasteiger partial charge in [0.2, 0.25) is 0 Å². The Morgan fingerprint density at radius 3 is 1.51 bits per heavy atom. The van der Waals surface area contributed by atoms with E-state index in [9.17, 15) is 0 Å². The van der Waals surface area contributed by atoms with E-state index in [1.807, 2.05) is 41.2 Å². The molecule has 176 valence electrons. The van der Waals surface area contributed by atoms with E-state index in [0.29, 0.717) is 0 Å². The van der Waals surface area contributed by atoms with Gasteiger partial charge in [0.05, 0.1) is 34.6 Å². The summed E-state index contributed by atoms with van der Waals surface area (Å²) in [5.74, 6) is 0. The van der Waals surface area contributed by atoms with Crippen molar-refractivity contribution in [1.29, 1.82) is 0 Å². The molecule has 1 aliphatic heterocycles. The quantitative estimate of drug-likeness (QED) is 0.256. The molecule has 7 rings (SSSR count). The normalized spacial score (nSPS) is 12.2. The summed E-state index contributed by atoms with van der Waals surface area (Å²) in [5, 5.41) is 8.84. The lowest BCUT2D eigenvalue weighted by atomic mass is 10.0. The number of benzene rings is 5. The van der Waals surface area contributed by atoms with Gasteiger partial charge in [-0.2, -0.15) is 0 Å². The smallest absolute Gasteiger partial charge is 0.113 e. The molecule has 0 fully saturated rings. The molecule has 0 spiro atoms. The SMILES string of the molecule is c1ccc(N2c3ccccc3N(c3cccc(-c4cn(-c5ccccc5)nn4)c3)c3ccccc32)cc1. The Labute approximate surface area is 215 Å². The molecule has 0 saturated carbocycles. The Bertz CT molecular complexity index is 1640. The van der Waals surface area contributed by atoms with Crippen LogP contribution in [0.1, 0.15) is 0 Å². The fourth-order valence-electron chi connectivity index (χ4n) is 4.98. The average Bonchev–Trinajstić information content (AvgIpc) is 3.47. The van der Waals surface area contributed by atoms with E-state index in [1.165, 1.54) is 0 Å². The highest BCUT2D eigenvalue weighted by atomic mass is 15.4. The predicted octanol–water partition coefficient (Wildman–Crippen LogP) is 8.19. The molecule has 0 unspecified atom stereocenters. The second-order valence-electron chi connectivity index (χ2n) is 8.92. The highest BCUT2D eigenvalue weighted by Gasteiger charge is 2.30. The maximum Gasteiger partial charge on any atom is 0.113 e. The van der Waals surface area contributed by atoms with E-state index >= 15 is 0 Å². The Morgan fingerprint density at radius 2 is 0.919 bits per heavy atom. The number of rotatable bonds is 4. The molecule has 2 heterocycles. The highest BCUT2D eigenvalue weighted by Crippen LogP contribution is 2.53. The summed E-state index contributed by atoms with van der Waals surface area (Å²) in [6.45, 7) is 0. The van der Waals surface area contributed by atoms with Gasteiger partial charge in [0.25, 0.3) is 0 Å². The molecule has 0 bridgehead atoms. The van der Waals surface area contributed by atoms with Crippen molar-refractivity contribution in [3.8, 4) is 16.9 Å². The molecule has 5 nitrogen and oxygen atoms in total. The fourth-order valence-corrected chi connectivity index (χ4v) is 4.98. The van der Waals surface area contributed by atoms with Crippen LogP contribution in [-0.2, 0) is 0 Å². The van der Waals surface area contributed by atoms with Crippen LogP contribution in [0.25, 0.3) is 16.9 Å². The van der Waals surface area contributed by atoms with Crippen molar-refractivity contribution in [2.75, 3.05) is 9.80 Å². The van der Waals surface area contributed by atoms with Crippen LogP contribution in [-0.4, -0.2) is 15.0 Å². The number of nitrogens with zero attached hydrogens (tertiary/aromatic N) is 5. The molecule has 37 heavy (non-hydrogen) atoms. The Kier molecular flexibility index (Phi) is 5.03. The summed E-state index contributed by atoms with van der Waals surface area (Å²) in [6, 6.07) is 46.2. The van der Waals surface area contributed by atoms with Crippen LogP contribution < -0.4 is 9.80 Å². The first-order valence-electron chi connectivity index (χ1n) is 12.3. The third-order valence-corrected chi connectivity index (χ3v) is 6.66. The van der Waals surface area contributed by atoms with Crippen molar-refractivity contribution in [3.05, 3.63) is 140 Å². The van der Waals surface area contributed by atoms with E-state index in [2.05, 4.69) is 123 Å². The maximum atomic E-state index is 4.48. The van der Waals surface area contributed by atoms with Gasteiger partial charge in [-0.3, -0.25) is 0 Å². The molecule has 0 saturated heterocycles. The van der Waals surface area contributed by atoms with E-state index in [0.717, 1.165) is 51.1 Å². The molecule has 0 aliphatic carbocycles. The third-order valence-electron chi connectivity index (χ3n) is 6.66. The lowest BCUT2D eigenvalue weighted by Crippen LogP contribution is -2.23. The minimum Gasteiger partial charge on any atom is -0.306 e. The fraction of sp³-hybridized carbons (Fsp3) is 0. The Morgan fingerprint density at radius 1 is 0.432 bits per heavy atom. The number of aromatic nitrogens is 3. The molecular weight excluding hydrogens is 454 g/mol. The van der Waals surface area contributed by atoms with Gasteiger partial charge in [0, 0.05) is 16.9 Å². The number of hydrogen-bond acceptors (Lipinski definition) is 4. The molecule has 1 aromatic heterocycles. The zero-order valence-electron chi connectivity index (χ0n) is 20.0. The van der Waals surface area contributed by atoms with Crippen molar-refractivity contribution < 1.29 is 0 Å². The molecule has 5 aromatic carbocycles. The Balaban J connectivity index is 1.35. The second-order valence-corrected chi connectivity index (χ2v) is 8.92. The zero-order chi connectivity index (χ0) is 24.6. The summed E-state index contributed by atoms with van der Waals surface area (Å²) in [5.41, 5.74) is 9.53. The molecule has 6 aromatic rings. The Hall–Kier alpha value is -5.16. The molecule has 1 aliphatic rings. The van der Waals surface area contributed by atoms with Crippen molar-refractivity contribution in [2.24, 2.45) is 0 Å². The van der Waals surface area contributed by atoms with Crippen molar-refractivity contribution in [3.63, 3.8) is 0 Å². The minimum absolute atomic E-state index is 0.829. The van der Waals surface area contributed by atoms with Crippen LogP contribution in [0.4, 0.5) is 34.1 Å². The molecule has 0 N–H and O–H groups in total. The van der Waals surface area contributed by atoms with E-state index in [-0.39, 0.29) is 0 Å². The summed E-state index contributed by atoms with van der Waals surface area (Å²) in [4.78, 5) is 4.66. The first-order valence-corrected chi connectivity index (χ1v) is 12.3. The standard InChI is InChI=1S/C32H23N5/c1-3-13-25(14-4-1)35-23-28(33-34-35)24-12-11-17-27(22-24)37-31-20-9-7-18-29(31)36(26-15-5-2-6-16-26)30-19-8-10-21-32(30)37/h1-23H. The van der Waals surface area contributed by atoms with Gasteiger partial charge in [0.15, 0.2) is 0 Å². The molecule has 0 amide bonds. The topological polar surface area (TPSA) is 37.2 Å². The van der Waals surface area contributed by atoms with Gasteiger partial charge in [-0.1, -0.05) is 78.0 Å². The van der Waals surface area contributed by atoms with Crippen LogP contribution in [0.5, 0.6) is 0 Å². The predicted molar refractivity (Wildman–Crippen MR) is 150 cm³/mol. The van der Waals surface area contributed by atoms with E-state index < -0.39 is 0 Å². The number of para-hydroxylation sites is 6. The monoisotopic (exact) mass is 477 g/mol. The van der Waals surface area contributed by atoms with E-state index in [4.69, 9.17) is 0 Å². The number of fused-ring (bicyclic) bond motifs is 2. The summed E-state index contributed by atoms with van der Waals surface area (Å²) in [7, 11) is 0. The van der Waals surface area contributed by atoms with Crippen molar-refractivity contribution in [1.82, 2.24) is 15.0 Å². The summed E-state index contributed by atoms with van der Waals surface area (Å²) in [6.07, 6.45) is 1.98. The molecule has 5 heteroatoms. The average molecular weight is 478 g/mol. The first kappa shape index (κ1) is 21.1. The van der Waals surface area contributed by atoms with Crippen LogP contribution in [0.2, 0.25) is 0 Å². The third kappa shape index (κ3) is 3.65. The largest absolute Gasteiger partial charge is 0.306 e. The summed E-state index contributed by atoms with van der Waals surface area (Å²) >= 11 is 0. The van der Waals surface area contributed by atoms with Gasteiger partial charge in [-0.15, -0.1) is 5.10 Å². The van der Waals surface area contributed by atoms with Crippen LogP contribution >= 0.6 is 0 Å². The summed E-state index contributed by atoms with van der Waals surface area (Å²) < 4.78 is 1.81. The highest BCUT2D eigenvalue weighted by molar-refractivity contribution is 6.01. The van der Waals surface area contributed by atoms with Crippen LogP contribution in [0.3, 0.4) is 0 Å². The second kappa shape index (κ2) is 8.81. The first-order chi connectivity index (χ1) is 18.4. The van der Waals surface area contributed by atoms with E-state index in [1.54, 1.807) is 0 Å². The van der Waals surface area contributed by atoms with Gasteiger partial charge in [-0.05, 0) is 60.7 Å². The molecular formula is C32H23N5. The van der Waals surface area contributed by atoms with Gasteiger partial charge in [-0.25, -0.2) is 4.68 Å². The van der Waals surface area contributed by atoms with Gasteiger partial charge < -0.3 is 9.80 Å². The lowest BCUT2D eigenvalue weighted by Gasteiger charge is -2.40. The van der Waals surface area contributed by atoms with Gasteiger partial charge >= 0.3 is 0 Å². The lowest BCUT2D eigenvalue weighted by molar-refractivity contribution is 0.804.